The molecule has 7 nitrogen and oxygen atoms in total. The number of aliphatic carboxylic acids is 1. The summed E-state index contributed by atoms with van der Waals surface area (Å²) in [6.07, 6.45) is 4.35. The van der Waals surface area contributed by atoms with E-state index in [1.165, 1.54) is 30.0 Å². The third-order valence-electron chi connectivity index (χ3n) is 3.28. The van der Waals surface area contributed by atoms with Crippen molar-refractivity contribution in [1.82, 2.24) is 10.3 Å². The lowest BCUT2D eigenvalue weighted by Crippen LogP contribution is -2.34. The second-order valence-electron chi connectivity index (χ2n) is 5.69. The molecule has 0 aliphatic heterocycles. The lowest BCUT2D eigenvalue weighted by molar-refractivity contribution is -0.139. The van der Waals surface area contributed by atoms with Crippen LogP contribution < -0.4 is 15.8 Å². The van der Waals surface area contributed by atoms with Crippen LogP contribution in [0.25, 0.3) is 10.9 Å². The summed E-state index contributed by atoms with van der Waals surface area (Å²) in [6.45, 7) is 13.3. The number of nitrogens with two attached hydrogens (primary N) is 1. The van der Waals surface area contributed by atoms with Crippen molar-refractivity contribution in [2.45, 2.75) is 60.4 Å². The number of hydrogen-bond donors (Lipinski definition) is 4. The van der Waals surface area contributed by atoms with Crippen molar-refractivity contribution in [2.75, 3.05) is 34.4 Å². The van der Waals surface area contributed by atoms with Gasteiger partial charge in [0.2, 0.25) is 0 Å². The largest absolute Gasteiger partial charge is 0.497 e. The molecule has 0 saturated heterocycles. The molecule has 1 atom stereocenters. The SMILES string of the molecule is CC.CC.CCC.CNCCc1c[nH]c2ccc(OC)cc12.COCC(N)C(=O)O. The van der Waals surface area contributed by atoms with Crippen LogP contribution in [0, 0.1) is 0 Å². The highest BCUT2D eigenvalue weighted by Crippen LogP contribution is 2.23. The number of benzene rings is 1. The first-order valence-corrected chi connectivity index (χ1v) is 10.7. The molecule has 1 aromatic heterocycles. The molecule has 0 fully saturated rings. The van der Waals surface area contributed by atoms with Gasteiger partial charge in [0.05, 0.1) is 13.7 Å². The Balaban J connectivity index is -0.000000413. The summed E-state index contributed by atoms with van der Waals surface area (Å²) in [6, 6.07) is 5.22. The molecule has 7 heteroatoms. The maximum atomic E-state index is 9.88. The zero-order valence-electron chi connectivity index (χ0n) is 20.5. The van der Waals surface area contributed by atoms with E-state index in [0.717, 1.165) is 18.7 Å². The monoisotopic (exact) mass is 427 g/mol. The molecule has 0 radical (unpaired) electrons. The third kappa shape index (κ3) is 14.8. The number of aromatic nitrogens is 1. The van der Waals surface area contributed by atoms with Gasteiger partial charge in [0.25, 0.3) is 0 Å². The zero-order chi connectivity index (χ0) is 23.9. The molecule has 0 saturated carbocycles. The summed E-state index contributed by atoms with van der Waals surface area (Å²) < 4.78 is 9.68. The number of nitrogens with one attached hydrogen (secondary N) is 2. The van der Waals surface area contributed by atoms with E-state index in [9.17, 15) is 4.79 Å². The van der Waals surface area contributed by atoms with Gasteiger partial charge in [-0.3, -0.25) is 4.79 Å². The topological polar surface area (TPSA) is 110 Å². The average Bonchev–Trinajstić information content (AvgIpc) is 3.18. The Labute approximate surface area is 183 Å². The number of fused-ring (bicyclic) bond motifs is 1. The Bertz CT molecular complexity index is 630. The predicted molar refractivity (Wildman–Crippen MR) is 129 cm³/mol. The number of H-pyrrole nitrogens is 1. The van der Waals surface area contributed by atoms with Crippen LogP contribution in [0.15, 0.2) is 24.4 Å². The van der Waals surface area contributed by atoms with Crippen molar-refractivity contribution in [3.8, 4) is 5.75 Å². The fraction of sp³-hybridized carbons (Fsp3) is 0.609. The van der Waals surface area contributed by atoms with E-state index in [4.69, 9.17) is 15.6 Å². The van der Waals surface area contributed by atoms with E-state index in [0.29, 0.717) is 0 Å². The Morgan fingerprint density at radius 3 is 2.17 bits per heavy atom. The van der Waals surface area contributed by atoms with Gasteiger partial charge in [0.1, 0.15) is 11.8 Å². The molecule has 1 aromatic carbocycles. The second-order valence-corrected chi connectivity index (χ2v) is 5.69. The Morgan fingerprint density at radius 1 is 1.20 bits per heavy atom. The highest BCUT2D eigenvalue weighted by atomic mass is 16.5. The van der Waals surface area contributed by atoms with E-state index in [2.05, 4.69) is 47.2 Å². The normalized spacial score (nSPS) is 9.93. The quantitative estimate of drug-likeness (QED) is 0.520. The lowest BCUT2D eigenvalue weighted by atomic mass is 10.1. The fourth-order valence-electron chi connectivity index (χ4n) is 2.00. The van der Waals surface area contributed by atoms with Gasteiger partial charge >= 0.3 is 5.97 Å². The zero-order valence-corrected chi connectivity index (χ0v) is 20.5. The molecule has 176 valence electrons. The second kappa shape index (κ2) is 23.2. The maximum absolute atomic E-state index is 9.88. The van der Waals surface area contributed by atoms with Gasteiger partial charge in [-0.2, -0.15) is 0 Å². The molecule has 1 unspecified atom stereocenters. The third-order valence-corrected chi connectivity index (χ3v) is 3.28. The van der Waals surface area contributed by atoms with Crippen LogP contribution in [-0.4, -0.2) is 56.5 Å². The number of hydrogen-bond acceptors (Lipinski definition) is 5. The molecule has 1 heterocycles. The summed E-state index contributed by atoms with van der Waals surface area (Å²) in [7, 11) is 5.07. The number of carboxylic acid groups (broad SMARTS) is 1. The number of carbonyl (C=O) groups is 1. The van der Waals surface area contributed by atoms with E-state index in [1.807, 2.05) is 40.8 Å². The van der Waals surface area contributed by atoms with Crippen LogP contribution in [0.3, 0.4) is 0 Å². The van der Waals surface area contributed by atoms with Crippen molar-refractivity contribution in [2.24, 2.45) is 5.73 Å². The summed E-state index contributed by atoms with van der Waals surface area (Å²) in [5.41, 5.74) is 7.50. The molecule has 0 amide bonds. The summed E-state index contributed by atoms with van der Waals surface area (Å²) >= 11 is 0. The van der Waals surface area contributed by atoms with E-state index < -0.39 is 12.0 Å². The van der Waals surface area contributed by atoms with Crippen LogP contribution in [-0.2, 0) is 16.0 Å². The minimum atomic E-state index is -1.04. The van der Waals surface area contributed by atoms with Gasteiger partial charge in [-0.1, -0.05) is 48.0 Å². The molecule has 2 rings (SSSR count). The minimum Gasteiger partial charge on any atom is -0.497 e. The van der Waals surface area contributed by atoms with Crippen LogP contribution in [0.1, 0.15) is 53.5 Å². The van der Waals surface area contributed by atoms with Crippen molar-refractivity contribution < 1.29 is 19.4 Å². The molecule has 30 heavy (non-hydrogen) atoms. The highest BCUT2D eigenvalue weighted by Gasteiger charge is 2.08. The molecular formula is C23H45N3O4. The van der Waals surface area contributed by atoms with Crippen molar-refractivity contribution in [3.05, 3.63) is 30.0 Å². The number of ether oxygens (including phenoxy) is 2. The summed E-state index contributed by atoms with van der Waals surface area (Å²) in [4.78, 5) is 13.1. The van der Waals surface area contributed by atoms with Crippen LogP contribution in [0.4, 0.5) is 0 Å². The minimum absolute atomic E-state index is 0.0648. The number of methoxy groups -OCH3 is 2. The molecule has 0 bridgehead atoms. The van der Waals surface area contributed by atoms with Crippen LogP contribution in [0.5, 0.6) is 5.75 Å². The summed E-state index contributed by atoms with van der Waals surface area (Å²) in [5, 5.41) is 12.5. The lowest BCUT2D eigenvalue weighted by Gasteiger charge is -2.01. The number of likely N-dealkylation sites (N-methyl/N-ethyl adjacent to an activating group) is 1. The Kier molecular flexibility index (Phi) is 25.2. The maximum Gasteiger partial charge on any atom is 0.322 e. The van der Waals surface area contributed by atoms with Gasteiger partial charge in [-0.25, -0.2) is 0 Å². The first-order chi connectivity index (χ1) is 14.4. The number of rotatable bonds is 7. The number of aromatic amines is 1. The summed E-state index contributed by atoms with van der Waals surface area (Å²) in [5.74, 6) is -0.125. The van der Waals surface area contributed by atoms with E-state index >= 15 is 0 Å². The first-order valence-electron chi connectivity index (χ1n) is 10.7. The van der Waals surface area contributed by atoms with Gasteiger partial charge in [0, 0.05) is 24.2 Å². The predicted octanol–water partition coefficient (Wildman–Crippen LogP) is 4.45. The molecule has 0 aliphatic carbocycles. The Hall–Kier alpha value is -2.09. The van der Waals surface area contributed by atoms with Gasteiger partial charge in [-0.05, 0) is 43.8 Å². The van der Waals surface area contributed by atoms with Crippen molar-refractivity contribution in [3.63, 3.8) is 0 Å². The van der Waals surface area contributed by atoms with Crippen LogP contribution >= 0.6 is 0 Å². The first kappa shape index (κ1) is 32.6. The molecule has 0 spiro atoms. The van der Waals surface area contributed by atoms with Crippen molar-refractivity contribution in [1.29, 1.82) is 0 Å². The average molecular weight is 428 g/mol. The van der Waals surface area contributed by atoms with Gasteiger partial charge < -0.3 is 30.6 Å². The van der Waals surface area contributed by atoms with E-state index in [1.54, 1.807) is 7.11 Å². The standard InChI is InChI=1S/C12H16N2O.C4H9NO3.C3H8.2C2H6/c1-13-6-5-9-8-14-12-4-3-10(15-2)7-11(9)12;1-8-2-3(5)4(6)7;1-3-2;2*1-2/h3-4,7-8,13-14H,5-6H2,1-2H3;3H,2,5H2,1H3,(H,6,7);3H2,1-2H3;2*1-2H3. The highest BCUT2D eigenvalue weighted by molar-refractivity contribution is 5.84. The molecule has 2 aromatic rings. The Morgan fingerprint density at radius 2 is 1.77 bits per heavy atom. The smallest absolute Gasteiger partial charge is 0.322 e. The molecule has 0 aliphatic rings. The van der Waals surface area contributed by atoms with E-state index in [-0.39, 0.29) is 6.61 Å². The molecular weight excluding hydrogens is 382 g/mol. The number of carboxylic acids is 1. The molecule has 5 N–H and O–H groups in total. The van der Waals surface area contributed by atoms with Crippen molar-refractivity contribution >= 4 is 16.9 Å². The van der Waals surface area contributed by atoms with Crippen LogP contribution in [0.2, 0.25) is 0 Å². The van der Waals surface area contributed by atoms with Gasteiger partial charge in [0.15, 0.2) is 0 Å². The van der Waals surface area contributed by atoms with Gasteiger partial charge in [-0.15, -0.1) is 0 Å². The fourth-order valence-corrected chi connectivity index (χ4v) is 2.00.